The van der Waals surface area contributed by atoms with Crippen molar-refractivity contribution in [2.24, 2.45) is 5.10 Å². The third kappa shape index (κ3) is 3.30. The van der Waals surface area contributed by atoms with Crippen molar-refractivity contribution < 1.29 is 4.79 Å². The van der Waals surface area contributed by atoms with Gasteiger partial charge in [-0.15, -0.1) is 0 Å². The number of hydrazone groups is 1. The lowest BCUT2D eigenvalue weighted by atomic mass is 10.3. The Balaban J connectivity index is 2.59. The van der Waals surface area contributed by atoms with Gasteiger partial charge in [-0.25, -0.2) is 0 Å². The number of Topliss-reactive ketones (excluding diaryl/α,β-unsaturated/α-hetero) is 1. The molecule has 0 saturated carbocycles. The maximum Gasteiger partial charge on any atom is 0.189 e. The molecule has 0 atom stereocenters. The second kappa shape index (κ2) is 5.54. The molecule has 14 heavy (non-hydrogen) atoms. The minimum absolute atomic E-state index is 0.0200. The highest BCUT2D eigenvalue weighted by atomic mass is 79.9. The lowest BCUT2D eigenvalue weighted by molar-refractivity contribution is -0.110. The molecule has 4 heteroatoms. The molecular formula is C10H11BrN2O. The number of ketones is 1. The van der Waals surface area contributed by atoms with Crippen LogP contribution in [-0.2, 0) is 4.79 Å². The summed E-state index contributed by atoms with van der Waals surface area (Å²) in [6, 6.07) is 9.50. The fraction of sp³-hybridized carbons (Fsp3) is 0.200. The van der Waals surface area contributed by atoms with E-state index in [1.165, 1.54) is 0 Å². The van der Waals surface area contributed by atoms with E-state index < -0.39 is 0 Å². The van der Waals surface area contributed by atoms with Crippen molar-refractivity contribution in [3.63, 3.8) is 0 Å². The van der Waals surface area contributed by atoms with E-state index >= 15 is 0 Å². The second-order valence-electron chi connectivity index (χ2n) is 2.73. The van der Waals surface area contributed by atoms with Gasteiger partial charge in [0.05, 0.1) is 11.0 Å². The Kier molecular flexibility index (Phi) is 4.32. The molecule has 0 heterocycles. The van der Waals surface area contributed by atoms with E-state index in [1.54, 1.807) is 6.92 Å². The maximum absolute atomic E-state index is 11.1. The van der Waals surface area contributed by atoms with Crippen LogP contribution in [0.25, 0.3) is 0 Å². The van der Waals surface area contributed by atoms with E-state index in [4.69, 9.17) is 0 Å². The first-order chi connectivity index (χ1) is 6.74. The zero-order chi connectivity index (χ0) is 10.4. The molecule has 0 radical (unpaired) electrons. The van der Waals surface area contributed by atoms with E-state index in [0.717, 1.165) is 5.69 Å². The summed E-state index contributed by atoms with van der Waals surface area (Å²) in [5.74, 6) is -0.0200. The highest BCUT2D eigenvalue weighted by Crippen LogP contribution is 2.04. The van der Waals surface area contributed by atoms with Gasteiger partial charge in [-0.2, -0.15) is 5.10 Å². The standard InChI is InChI=1S/C10H11BrN2O/c1-8(10(14)7-11)12-13-9-5-3-2-4-6-9/h2-6,13H,7H2,1H3/b12-8-. The van der Waals surface area contributed by atoms with Crippen LogP contribution in [-0.4, -0.2) is 16.8 Å². The molecule has 0 aliphatic carbocycles. The number of para-hydroxylation sites is 1. The maximum atomic E-state index is 11.1. The molecule has 0 spiro atoms. The smallest absolute Gasteiger partial charge is 0.189 e. The zero-order valence-corrected chi connectivity index (χ0v) is 9.41. The quantitative estimate of drug-likeness (QED) is 0.510. The van der Waals surface area contributed by atoms with Crippen molar-refractivity contribution in [3.8, 4) is 0 Å². The minimum Gasteiger partial charge on any atom is -0.292 e. The molecule has 0 aliphatic heterocycles. The lowest BCUT2D eigenvalue weighted by Gasteiger charge is -2.00. The first-order valence-corrected chi connectivity index (χ1v) is 5.30. The molecule has 0 unspecified atom stereocenters. The Bertz CT molecular complexity index is 335. The van der Waals surface area contributed by atoms with Gasteiger partial charge in [0.25, 0.3) is 0 Å². The van der Waals surface area contributed by atoms with Crippen LogP contribution in [0.3, 0.4) is 0 Å². The van der Waals surface area contributed by atoms with Crippen LogP contribution in [0.1, 0.15) is 6.92 Å². The Hall–Kier alpha value is -1.16. The fourth-order valence-electron chi connectivity index (χ4n) is 0.820. The van der Waals surface area contributed by atoms with E-state index in [-0.39, 0.29) is 5.78 Å². The third-order valence-corrected chi connectivity index (χ3v) is 2.16. The number of anilines is 1. The van der Waals surface area contributed by atoms with Crippen molar-refractivity contribution in [2.75, 3.05) is 10.8 Å². The molecule has 0 bridgehead atoms. The minimum atomic E-state index is -0.0200. The van der Waals surface area contributed by atoms with Crippen molar-refractivity contribution in [1.29, 1.82) is 0 Å². The third-order valence-electron chi connectivity index (χ3n) is 1.65. The van der Waals surface area contributed by atoms with Crippen LogP contribution in [0, 0.1) is 0 Å². The van der Waals surface area contributed by atoms with Gasteiger partial charge in [0.2, 0.25) is 0 Å². The number of carbonyl (C=O) groups is 1. The van der Waals surface area contributed by atoms with E-state index in [1.807, 2.05) is 30.3 Å². The molecule has 0 amide bonds. The monoisotopic (exact) mass is 254 g/mol. The number of benzene rings is 1. The number of halogens is 1. The largest absolute Gasteiger partial charge is 0.292 e. The van der Waals surface area contributed by atoms with Crippen molar-refractivity contribution in [1.82, 2.24) is 0 Å². The number of hydrogen-bond acceptors (Lipinski definition) is 3. The number of nitrogens with one attached hydrogen (secondary N) is 1. The van der Waals surface area contributed by atoms with Crippen LogP contribution in [0.4, 0.5) is 5.69 Å². The van der Waals surface area contributed by atoms with Crippen LogP contribution in [0.5, 0.6) is 0 Å². The lowest BCUT2D eigenvalue weighted by Crippen LogP contribution is -2.12. The average molecular weight is 255 g/mol. The number of alkyl halides is 1. The Labute approximate surface area is 91.3 Å². The van der Waals surface area contributed by atoms with Crippen LogP contribution in [0.15, 0.2) is 35.4 Å². The van der Waals surface area contributed by atoms with Crippen LogP contribution in [0.2, 0.25) is 0 Å². The van der Waals surface area contributed by atoms with Crippen LogP contribution < -0.4 is 5.43 Å². The predicted molar refractivity (Wildman–Crippen MR) is 62.0 cm³/mol. The van der Waals surface area contributed by atoms with Gasteiger partial charge in [-0.3, -0.25) is 10.2 Å². The fourth-order valence-corrected chi connectivity index (χ4v) is 1.23. The number of nitrogens with zero attached hydrogens (tertiary/aromatic N) is 1. The highest BCUT2D eigenvalue weighted by molar-refractivity contribution is 9.09. The first kappa shape index (κ1) is 10.9. The van der Waals surface area contributed by atoms with E-state index in [9.17, 15) is 4.79 Å². The summed E-state index contributed by atoms with van der Waals surface area (Å²) in [4.78, 5) is 11.1. The topological polar surface area (TPSA) is 41.5 Å². The van der Waals surface area contributed by atoms with Crippen molar-refractivity contribution in [3.05, 3.63) is 30.3 Å². The van der Waals surface area contributed by atoms with Crippen LogP contribution >= 0.6 is 15.9 Å². The summed E-state index contributed by atoms with van der Waals surface area (Å²) in [6.45, 7) is 1.68. The highest BCUT2D eigenvalue weighted by Gasteiger charge is 2.02. The van der Waals surface area contributed by atoms with Gasteiger partial charge in [-0.05, 0) is 19.1 Å². The second-order valence-corrected chi connectivity index (χ2v) is 3.29. The number of hydrogen-bond donors (Lipinski definition) is 1. The number of rotatable bonds is 4. The van der Waals surface area contributed by atoms with Gasteiger partial charge in [0, 0.05) is 0 Å². The van der Waals surface area contributed by atoms with E-state index in [2.05, 4.69) is 26.5 Å². The van der Waals surface area contributed by atoms with Gasteiger partial charge < -0.3 is 0 Å². The molecule has 1 N–H and O–H groups in total. The summed E-state index contributed by atoms with van der Waals surface area (Å²) in [5.41, 5.74) is 4.14. The SMILES string of the molecule is C/C(=N/Nc1ccccc1)C(=O)CBr. The van der Waals surface area contributed by atoms with Gasteiger partial charge in [-0.1, -0.05) is 34.1 Å². The molecular weight excluding hydrogens is 244 g/mol. The Morgan fingerprint density at radius 1 is 1.43 bits per heavy atom. The number of carbonyl (C=O) groups excluding carboxylic acids is 1. The zero-order valence-electron chi connectivity index (χ0n) is 7.83. The molecule has 0 saturated heterocycles. The van der Waals surface area contributed by atoms with Crippen molar-refractivity contribution >= 4 is 33.1 Å². The first-order valence-electron chi connectivity index (χ1n) is 4.18. The molecule has 74 valence electrons. The molecule has 1 aromatic rings. The van der Waals surface area contributed by atoms with Gasteiger partial charge in [0.1, 0.15) is 5.71 Å². The van der Waals surface area contributed by atoms with Gasteiger partial charge >= 0.3 is 0 Å². The average Bonchev–Trinajstić information content (AvgIpc) is 2.26. The molecule has 0 aliphatic rings. The predicted octanol–water partition coefficient (Wildman–Crippen LogP) is 2.44. The molecule has 0 fully saturated rings. The Morgan fingerprint density at radius 3 is 2.64 bits per heavy atom. The van der Waals surface area contributed by atoms with Gasteiger partial charge in [0.15, 0.2) is 5.78 Å². The van der Waals surface area contributed by atoms with Crippen molar-refractivity contribution in [2.45, 2.75) is 6.92 Å². The Morgan fingerprint density at radius 2 is 2.07 bits per heavy atom. The summed E-state index contributed by atoms with van der Waals surface area (Å²) in [5, 5.41) is 4.26. The summed E-state index contributed by atoms with van der Waals surface area (Å²) in [6.07, 6.45) is 0. The summed E-state index contributed by atoms with van der Waals surface area (Å²) in [7, 11) is 0. The normalized spacial score (nSPS) is 11.1. The molecule has 0 aromatic heterocycles. The molecule has 1 aromatic carbocycles. The summed E-state index contributed by atoms with van der Waals surface area (Å²) < 4.78 is 0. The van der Waals surface area contributed by atoms with E-state index in [0.29, 0.717) is 11.0 Å². The molecule has 3 nitrogen and oxygen atoms in total. The summed E-state index contributed by atoms with van der Waals surface area (Å²) >= 11 is 3.08. The molecule has 1 rings (SSSR count).